The molecular formula is C17H25FN2O2S. The molecule has 0 radical (unpaired) electrons. The monoisotopic (exact) mass is 340 g/mol. The van der Waals surface area contributed by atoms with E-state index in [4.69, 9.17) is 4.74 Å². The minimum atomic E-state index is -0.249. The maximum absolute atomic E-state index is 13.2. The summed E-state index contributed by atoms with van der Waals surface area (Å²) in [6.45, 7) is 4.06. The summed E-state index contributed by atoms with van der Waals surface area (Å²) < 4.78 is 18.6. The largest absolute Gasteiger partial charge is 0.381 e. The van der Waals surface area contributed by atoms with Crippen molar-refractivity contribution in [2.75, 3.05) is 26.0 Å². The molecular weight excluding hydrogens is 315 g/mol. The summed E-state index contributed by atoms with van der Waals surface area (Å²) in [4.78, 5) is 12.1. The molecule has 0 unspecified atom stereocenters. The summed E-state index contributed by atoms with van der Waals surface area (Å²) in [7, 11) is 0. The molecule has 2 amide bonds. The van der Waals surface area contributed by atoms with Gasteiger partial charge in [0.1, 0.15) is 5.82 Å². The van der Waals surface area contributed by atoms with Crippen molar-refractivity contribution in [2.24, 2.45) is 0 Å². The van der Waals surface area contributed by atoms with Crippen LogP contribution in [0.1, 0.15) is 25.3 Å². The Bertz CT molecular complexity index is 521. The van der Waals surface area contributed by atoms with Crippen molar-refractivity contribution in [1.82, 2.24) is 10.6 Å². The molecule has 1 aliphatic heterocycles. The van der Waals surface area contributed by atoms with E-state index in [9.17, 15) is 9.18 Å². The topological polar surface area (TPSA) is 50.4 Å². The third-order valence-electron chi connectivity index (χ3n) is 4.22. The van der Waals surface area contributed by atoms with Gasteiger partial charge in [-0.2, -0.15) is 11.8 Å². The van der Waals surface area contributed by atoms with Crippen LogP contribution in [-0.2, 0) is 11.2 Å². The van der Waals surface area contributed by atoms with Gasteiger partial charge < -0.3 is 15.4 Å². The molecule has 0 aliphatic carbocycles. The van der Waals surface area contributed by atoms with E-state index < -0.39 is 0 Å². The van der Waals surface area contributed by atoms with Crippen LogP contribution in [0, 0.1) is 5.82 Å². The van der Waals surface area contributed by atoms with E-state index in [1.54, 1.807) is 17.8 Å². The molecule has 1 aliphatic rings. The van der Waals surface area contributed by atoms with Crippen molar-refractivity contribution < 1.29 is 13.9 Å². The number of hydrogen-bond acceptors (Lipinski definition) is 3. The maximum Gasteiger partial charge on any atom is 0.315 e. The molecule has 2 rings (SSSR count). The predicted octanol–water partition coefficient (Wildman–Crippen LogP) is 2.97. The Labute approximate surface area is 141 Å². The number of benzene rings is 1. The van der Waals surface area contributed by atoms with Crippen molar-refractivity contribution in [3.05, 3.63) is 35.6 Å². The fourth-order valence-corrected chi connectivity index (χ4v) is 3.57. The van der Waals surface area contributed by atoms with E-state index in [-0.39, 0.29) is 22.6 Å². The van der Waals surface area contributed by atoms with Crippen LogP contribution in [0.4, 0.5) is 9.18 Å². The average Bonchev–Trinajstić information content (AvgIpc) is 2.54. The molecule has 2 N–H and O–H groups in total. The van der Waals surface area contributed by atoms with Gasteiger partial charge in [0.15, 0.2) is 0 Å². The Hall–Kier alpha value is -1.27. The lowest BCUT2D eigenvalue weighted by atomic mass is 9.99. The first-order valence-electron chi connectivity index (χ1n) is 7.95. The van der Waals surface area contributed by atoms with Gasteiger partial charge in [0.05, 0.1) is 0 Å². The van der Waals surface area contributed by atoms with Crippen LogP contribution in [0.2, 0.25) is 0 Å². The van der Waals surface area contributed by atoms with Crippen LogP contribution >= 0.6 is 11.8 Å². The van der Waals surface area contributed by atoms with Crippen LogP contribution in [0.5, 0.6) is 0 Å². The highest BCUT2D eigenvalue weighted by Crippen LogP contribution is 2.32. The van der Waals surface area contributed by atoms with Gasteiger partial charge in [-0.1, -0.05) is 12.1 Å². The van der Waals surface area contributed by atoms with Crippen molar-refractivity contribution >= 4 is 17.8 Å². The molecule has 23 heavy (non-hydrogen) atoms. The second kappa shape index (κ2) is 8.55. The smallest absolute Gasteiger partial charge is 0.315 e. The second-order valence-corrected chi connectivity index (χ2v) is 7.34. The van der Waals surface area contributed by atoms with Crippen molar-refractivity contribution in [3.63, 3.8) is 0 Å². The second-order valence-electron chi connectivity index (χ2n) is 6.06. The van der Waals surface area contributed by atoms with Crippen molar-refractivity contribution in [3.8, 4) is 0 Å². The average molecular weight is 340 g/mol. The zero-order chi connectivity index (χ0) is 16.7. The summed E-state index contributed by atoms with van der Waals surface area (Å²) in [5.41, 5.74) is 0.878. The number of urea groups is 1. The Balaban J connectivity index is 1.77. The minimum Gasteiger partial charge on any atom is -0.381 e. The number of halogens is 1. The molecule has 4 nitrogen and oxygen atoms in total. The van der Waals surface area contributed by atoms with E-state index in [1.807, 2.05) is 13.0 Å². The lowest BCUT2D eigenvalue weighted by Gasteiger charge is -2.35. The molecule has 0 spiro atoms. The van der Waals surface area contributed by atoms with Gasteiger partial charge in [-0.05, 0) is 50.1 Å². The van der Waals surface area contributed by atoms with E-state index in [1.165, 1.54) is 12.1 Å². The Morgan fingerprint density at radius 2 is 2.17 bits per heavy atom. The highest BCUT2D eigenvalue weighted by atomic mass is 32.2. The van der Waals surface area contributed by atoms with Crippen LogP contribution in [-0.4, -0.2) is 42.8 Å². The summed E-state index contributed by atoms with van der Waals surface area (Å²) in [5, 5.41) is 5.89. The number of thioether (sulfide) groups is 1. The van der Waals surface area contributed by atoms with Gasteiger partial charge in [0, 0.05) is 30.5 Å². The number of amides is 2. The van der Waals surface area contributed by atoms with Gasteiger partial charge in [-0.3, -0.25) is 0 Å². The van der Waals surface area contributed by atoms with Gasteiger partial charge in [0.2, 0.25) is 0 Å². The zero-order valence-corrected chi connectivity index (χ0v) is 14.5. The number of carbonyl (C=O) groups is 1. The van der Waals surface area contributed by atoms with Crippen LogP contribution in [0.25, 0.3) is 0 Å². The van der Waals surface area contributed by atoms with E-state index in [0.717, 1.165) is 31.6 Å². The zero-order valence-electron chi connectivity index (χ0n) is 13.7. The first-order valence-corrected chi connectivity index (χ1v) is 9.17. The molecule has 1 atom stereocenters. The molecule has 0 saturated carbocycles. The Kier molecular flexibility index (Phi) is 6.72. The van der Waals surface area contributed by atoms with Crippen LogP contribution in [0.15, 0.2) is 24.3 Å². The third kappa shape index (κ3) is 5.70. The number of rotatable bonds is 6. The number of nitrogens with one attached hydrogen (secondary N) is 2. The highest BCUT2D eigenvalue weighted by molar-refractivity contribution is 8.00. The summed E-state index contributed by atoms with van der Waals surface area (Å²) in [6, 6.07) is 6.24. The van der Waals surface area contributed by atoms with Crippen molar-refractivity contribution in [2.45, 2.75) is 37.0 Å². The molecule has 128 valence electrons. The lowest BCUT2D eigenvalue weighted by molar-refractivity contribution is 0.0777. The first-order chi connectivity index (χ1) is 11.0. The first kappa shape index (κ1) is 18.1. The fraction of sp³-hybridized carbons (Fsp3) is 0.588. The molecule has 1 fully saturated rings. The summed E-state index contributed by atoms with van der Waals surface area (Å²) >= 11 is 1.79. The minimum absolute atomic E-state index is 0.0586. The lowest BCUT2D eigenvalue weighted by Crippen LogP contribution is -2.49. The Morgan fingerprint density at radius 3 is 2.83 bits per heavy atom. The predicted molar refractivity (Wildman–Crippen MR) is 92.4 cm³/mol. The van der Waals surface area contributed by atoms with Gasteiger partial charge in [-0.25, -0.2) is 9.18 Å². The molecule has 1 saturated heterocycles. The maximum atomic E-state index is 13.2. The number of hydrogen-bond donors (Lipinski definition) is 2. The number of ether oxygens (including phenoxy) is 1. The molecule has 6 heteroatoms. The molecule has 1 heterocycles. The molecule has 1 aromatic rings. The quantitative estimate of drug-likeness (QED) is 0.837. The Morgan fingerprint density at radius 1 is 1.43 bits per heavy atom. The third-order valence-corrected chi connectivity index (χ3v) is 5.64. The van der Waals surface area contributed by atoms with Crippen molar-refractivity contribution in [1.29, 1.82) is 0 Å². The SMILES string of the molecule is CSC1(CNC(=O)N[C@H](C)Cc2cccc(F)c2)CCOCC1. The fourth-order valence-electron chi connectivity index (χ4n) is 2.78. The van der Waals surface area contributed by atoms with Gasteiger partial charge in [0.25, 0.3) is 0 Å². The molecule has 0 aromatic heterocycles. The molecule has 1 aromatic carbocycles. The van der Waals surface area contributed by atoms with Gasteiger partial charge >= 0.3 is 6.03 Å². The number of carbonyl (C=O) groups excluding carboxylic acids is 1. The van der Waals surface area contributed by atoms with E-state index >= 15 is 0 Å². The van der Waals surface area contributed by atoms with Gasteiger partial charge in [-0.15, -0.1) is 0 Å². The highest BCUT2D eigenvalue weighted by Gasteiger charge is 2.32. The molecule has 0 bridgehead atoms. The van der Waals surface area contributed by atoms with E-state index in [0.29, 0.717) is 13.0 Å². The van der Waals surface area contributed by atoms with E-state index in [2.05, 4.69) is 16.9 Å². The van der Waals surface area contributed by atoms with Crippen LogP contribution in [0.3, 0.4) is 0 Å². The normalized spacial score (nSPS) is 18.2. The summed E-state index contributed by atoms with van der Waals surface area (Å²) in [6.07, 6.45) is 4.59. The van der Waals surface area contributed by atoms with Crippen LogP contribution < -0.4 is 10.6 Å². The summed E-state index contributed by atoms with van der Waals surface area (Å²) in [5.74, 6) is -0.249. The standard InChI is InChI=1S/C17H25FN2O2S/c1-13(10-14-4-3-5-15(18)11-14)20-16(21)19-12-17(23-2)6-8-22-9-7-17/h3-5,11,13H,6-10,12H2,1-2H3,(H2,19,20,21)/t13-/m1/s1.